The van der Waals surface area contributed by atoms with Crippen molar-refractivity contribution in [2.24, 2.45) is 0 Å². The summed E-state index contributed by atoms with van der Waals surface area (Å²) in [5, 5.41) is 22.4. The van der Waals surface area contributed by atoms with E-state index in [1.54, 1.807) is 0 Å². The van der Waals surface area contributed by atoms with Gasteiger partial charge in [0.2, 0.25) is 0 Å². The zero-order valence-electron chi connectivity index (χ0n) is 8.12. The van der Waals surface area contributed by atoms with Crippen LogP contribution < -0.4 is 74.6 Å². The zero-order chi connectivity index (χ0) is 8.85. The molecule has 13 heavy (non-hydrogen) atoms. The van der Waals surface area contributed by atoms with Gasteiger partial charge in [-0.3, -0.25) is 0 Å². The molecule has 0 unspecified atom stereocenters. The van der Waals surface area contributed by atoms with E-state index in [1.165, 1.54) is 7.05 Å². The molecule has 0 aromatic rings. The Morgan fingerprint density at radius 3 is 2.00 bits per heavy atom. The molecule has 0 amide bonds. The molecule has 0 fully saturated rings. The Morgan fingerprint density at radius 2 is 1.77 bits per heavy atom. The first kappa shape index (κ1) is 19.5. The first-order chi connectivity index (χ1) is 5.07. The minimum absolute atomic E-state index is 0. The molecule has 0 aliphatic rings. The Hall–Kier alpha value is 0.900. The average Bonchev–Trinajstić information content (AvgIpc) is 1.87. The standard InChI is InChI=1S/C6H11NO4.2Na/c1-7-4(6(10)11)2-3-5(8)9;;/h4,7H,2-3H2,1H3,(H,8,9)(H,10,11);;/q;2*+1/p-2/t4-;;/m0../s1. The number of carboxylic acids is 2. The second kappa shape index (κ2) is 11.0. The molecule has 0 heterocycles. The van der Waals surface area contributed by atoms with Crippen LogP contribution in [0.4, 0.5) is 0 Å². The van der Waals surface area contributed by atoms with Crippen LogP contribution in [0.15, 0.2) is 0 Å². The molecular weight excluding hydrogens is 196 g/mol. The summed E-state index contributed by atoms with van der Waals surface area (Å²) in [5.74, 6) is -2.56. The normalized spacial score (nSPS) is 10.5. The Labute approximate surface area is 121 Å². The van der Waals surface area contributed by atoms with E-state index >= 15 is 0 Å². The summed E-state index contributed by atoms with van der Waals surface area (Å²) in [6.07, 6.45) is -0.291. The summed E-state index contributed by atoms with van der Waals surface area (Å²) in [4.78, 5) is 20.0. The molecule has 7 heteroatoms. The van der Waals surface area contributed by atoms with Crippen LogP contribution in [-0.4, -0.2) is 25.0 Å². The van der Waals surface area contributed by atoms with E-state index in [1.807, 2.05) is 0 Å². The van der Waals surface area contributed by atoms with Crippen LogP contribution in [0.1, 0.15) is 12.8 Å². The van der Waals surface area contributed by atoms with Crippen molar-refractivity contribution in [1.82, 2.24) is 5.32 Å². The van der Waals surface area contributed by atoms with Gasteiger partial charge in [0.1, 0.15) is 0 Å². The number of hydrogen-bond donors (Lipinski definition) is 1. The quantitative estimate of drug-likeness (QED) is 0.450. The molecule has 0 saturated heterocycles. The van der Waals surface area contributed by atoms with E-state index in [0.717, 1.165) is 0 Å². The van der Waals surface area contributed by atoms with E-state index in [0.29, 0.717) is 0 Å². The first-order valence-electron chi connectivity index (χ1n) is 3.16. The predicted molar refractivity (Wildman–Crippen MR) is 32.1 cm³/mol. The zero-order valence-corrected chi connectivity index (χ0v) is 12.1. The van der Waals surface area contributed by atoms with Crippen molar-refractivity contribution in [2.45, 2.75) is 18.9 Å². The minimum Gasteiger partial charge on any atom is -0.550 e. The smallest absolute Gasteiger partial charge is 0.550 e. The van der Waals surface area contributed by atoms with E-state index in [9.17, 15) is 19.8 Å². The van der Waals surface area contributed by atoms with Crippen LogP contribution in [0.5, 0.6) is 0 Å². The summed E-state index contributed by atoms with van der Waals surface area (Å²) >= 11 is 0. The summed E-state index contributed by atoms with van der Waals surface area (Å²) in [6, 6.07) is -0.909. The molecule has 5 nitrogen and oxygen atoms in total. The molecule has 0 spiro atoms. The summed E-state index contributed by atoms with van der Waals surface area (Å²) < 4.78 is 0. The van der Waals surface area contributed by atoms with Crippen molar-refractivity contribution in [3.05, 3.63) is 0 Å². The summed E-state index contributed by atoms with van der Waals surface area (Å²) in [5.41, 5.74) is 0. The topological polar surface area (TPSA) is 92.3 Å². The summed E-state index contributed by atoms with van der Waals surface area (Å²) in [6.45, 7) is 0. The Morgan fingerprint density at radius 1 is 1.31 bits per heavy atom. The van der Waals surface area contributed by atoms with Gasteiger partial charge in [-0.2, -0.15) is 0 Å². The van der Waals surface area contributed by atoms with Gasteiger partial charge in [-0.25, -0.2) is 0 Å². The molecular formula is C6H9NNa2O4. The SMILES string of the molecule is CN[C@@H](CCC(=O)[O-])C(=O)[O-].[Na+].[Na+]. The van der Waals surface area contributed by atoms with Crippen molar-refractivity contribution < 1.29 is 78.9 Å². The van der Waals surface area contributed by atoms with Crippen LogP contribution in [-0.2, 0) is 9.59 Å². The Balaban J connectivity index is -0.000000500. The average molecular weight is 205 g/mol. The molecule has 0 aliphatic carbocycles. The monoisotopic (exact) mass is 205 g/mol. The number of nitrogens with one attached hydrogen (secondary N) is 1. The van der Waals surface area contributed by atoms with E-state index in [2.05, 4.69) is 5.32 Å². The molecule has 0 radical (unpaired) electrons. The number of carbonyl (C=O) groups excluding carboxylic acids is 2. The molecule has 0 aromatic carbocycles. The van der Waals surface area contributed by atoms with Gasteiger partial charge in [0.25, 0.3) is 0 Å². The van der Waals surface area contributed by atoms with E-state index < -0.39 is 18.0 Å². The second-order valence-corrected chi connectivity index (χ2v) is 2.07. The maximum Gasteiger partial charge on any atom is 1.00 e. The fourth-order valence-electron chi connectivity index (χ4n) is 0.642. The van der Waals surface area contributed by atoms with Crippen molar-refractivity contribution in [3.63, 3.8) is 0 Å². The predicted octanol–water partition coefficient (Wildman–Crippen LogP) is -9.14. The van der Waals surface area contributed by atoms with Gasteiger partial charge in [0.05, 0.1) is 5.97 Å². The number of likely N-dealkylation sites (N-methyl/N-ethyl adjacent to an activating group) is 1. The van der Waals surface area contributed by atoms with Crippen molar-refractivity contribution in [2.75, 3.05) is 7.05 Å². The second-order valence-electron chi connectivity index (χ2n) is 2.07. The van der Waals surface area contributed by atoms with Crippen molar-refractivity contribution >= 4 is 11.9 Å². The fraction of sp³-hybridized carbons (Fsp3) is 0.667. The van der Waals surface area contributed by atoms with Crippen LogP contribution in [0.25, 0.3) is 0 Å². The number of rotatable bonds is 5. The number of aliphatic carboxylic acids is 2. The molecule has 1 atom stereocenters. The third-order valence-electron chi connectivity index (χ3n) is 1.27. The number of carboxylic acid groups (broad SMARTS) is 2. The van der Waals surface area contributed by atoms with Gasteiger partial charge >= 0.3 is 59.1 Å². The van der Waals surface area contributed by atoms with E-state index in [-0.39, 0.29) is 72.0 Å². The van der Waals surface area contributed by atoms with Gasteiger partial charge < -0.3 is 25.1 Å². The molecule has 0 aliphatic heterocycles. The van der Waals surface area contributed by atoms with Gasteiger partial charge in [-0.1, -0.05) is 0 Å². The van der Waals surface area contributed by atoms with Crippen molar-refractivity contribution in [1.29, 1.82) is 0 Å². The largest absolute Gasteiger partial charge is 1.00 e. The maximum atomic E-state index is 10.2. The van der Waals surface area contributed by atoms with Gasteiger partial charge in [0.15, 0.2) is 0 Å². The van der Waals surface area contributed by atoms with Crippen molar-refractivity contribution in [3.8, 4) is 0 Å². The number of carbonyl (C=O) groups is 2. The summed E-state index contributed by atoms with van der Waals surface area (Å²) in [7, 11) is 1.43. The van der Waals surface area contributed by atoms with Gasteiger partial charge in [0, 0.05) is 12.0 Å². The molecule has 0 saturated carbocycles. The molecule has 1 N–H and O–H groups in total. The van der Waals surface area contributed by atoms with Crippen LogP contribution in [0.2, 0.25) is 0 Å². The van der Waals surface area contributed by atoms with E-state index in [4.69, 9.17) is 0 Å². The first-order valence-corrected chi connectivity index (χ1v) is 3.16. The molecule has 64 valence electrons. The molecule has 0 rings (SSSR count). The third kappa shape index (κ3) is 10.8. The van der Waals surface area contributed by atoms with Crippen LogP contribution in [0, 0.1) is 0 Å². The maximum absolute atomic E-state index is 10.2. The van der Waals surface area contributed by atoms with Crippen LogP contribution >= 0.6 is 0 Å². The van der Waals surface area contributed by atoms with Gasteiger partial charge in [-0.05, 0) is 19.9 Å². The Kier molecular flexibility index (Phi) is 16.4. The fourth-order valence-corrected chi connectivity index (χ4v) is 0.642. The Bertz CT molecular complexity index is 165. The molecule has 0 aromatic heterocycles. The van der Waals surface area contributed by atoms with Gasteiger partial charge in [-0.15, -0.1) is 0 Å². The minimum atomic E-state index is -1.30. The molecule has 0 bridgehead atoms. The van der Waals surface area contributed by atoms with Crippen LogP contribution in [0.3, 0.4) is 0 Å². The number of hydrogen-bond acceptors (Lipinski definition) is 5. The third-order valence-corrected chi connectivity index (χ3v) is 1.27.